The summed E-state index contributed by atoms with van der Waals surface area (Å²) < 4.78 is 0. The number of likely N-dealkylation sites (N-methyl/N-ethyl adjacent to an activating group) is 1. The Labute approximate surface area is 116 Å². The number of H-pyrrole nitrogens is 1. The van der Waals surface area contributed by atoms with Gasteiger partial charge in [0.05, 0.1) is 12.8 Å². The Balaban J connectivity index is 2.03. The van der Waals surface area contributed by atoms with Gasteiger partial charge in [-0.25, -0.2) is 0 Å². The van der Waals surface area contributed by atoms with Crippen LogP contribution in [0.5, 0.6) is 0 Å². The Morgan fingerprint density at radius 1 is 1.40 bits per heavy atom. The number of nitrogens with zero attached hydrogens (tertiary/aromatic N) is 3. The van der Waals surface area contributed by atoms with Crippen LogP contribution in [0.25, 0.3) is 0 Å². The number of aliphatic hydroxyl groups is 1. The minimum atomic E-state index is -0.311. The third kappa shape index (κ3) is 3.33. The summed E-state index contributed by atoms with van der Waals surface area (Å²) in [6.07, 6.45) is 1.36. The second-order valence-corrected chi connectivity index (χ2v) is 4.16. The lowest BCUT2D eigenvalue weighted by Crippen LogP contribution is -2.26. The molecular formula is C13H17N5O2. The summed E-state index contributed by atoms with van der Waals surface area (Å²) in [7, 11) is 0. The largest absolute Gasteiger partial charge is 0.395 e. The summed E-state index contributed by atoms with van der Waals surface area (Å²) in [5.74, 6) is -0.311. The van der Waals surface area contributed by atoms with Crippen molar-refractivity contribution < 1.29 is 9.90 Å². The molecule has 2 rings (SSSR count). The van der Waals surface area contributed by atoms with Crippen molar-refractivity contribution in [2.45, 2.75) is 6.92 Å². The van der Waals surface area contributed by atoms with Crippen molar-refractivity contribution in [1.29, 1.82) is 0 Å². The highest BCUT2D eigenvalue weighted by molar-refractivity contribution is 6.02. The molecule has 0 spiro atoms. The standard InChI is InChI=1S/C13H17N5O2/c1-2-18(7-8-19)11-5-3-10(4-6-11)15-13(20)12-9-14-17-16-12/h3-6,9,19H,2,7-8H2,1H3,(H,15,20)(H,14,16,17). The van der Waals surface area contributed by atoms with E-state index in [1.807, 2.05) is 36.1 Å². The Morgan fingerprint density at radius 2 is 2.15 bits per heavy atom. The molecule has 1 heterocycles. The number of benzene rings is 1. The molecule has 7 nitrogen and oxygen atoms in total. The normalized spacial score (nSPS) is 10.3. The number of anilines is 2. The minimum Gasteiger partial charge on any atom is -0.395 e. The van der Waals surface area contributed by atoms with Crippen molar-refractivity contribution in [3.63, 3.8) is 0 Å². The van der Waals surface area contributed by atoms with Crippen LogP contribution in [0.3, 0.4) is 0 Å². The minimum absolute atomic E-state index is 0.110. The molecule has 0 unspecified atom stereocenters. The first-order chi connectivity index (χ1) is 9.74. The average molecular weight is 275 g/mol. The molecule has 3 N–H and O–H groups in total. The molecule has 0 saturated carbocycles. The molecule has 2 aromatic rings. The van der Waals surface area contributed by atoms with E-state index in [0.29, 0.717) is 12.2 Å². The SMILES string of the molecule is CCN(CCO)c1ccc(NC(=O)c2cn[nH]n2)cc1. The van der Waals surface area contributed by atoms with E-state index in [-0.39, 0.29) is 18.2 Å². The fourth-order valence-electron chi connectivity index (χ4n) is 1.85. The van der Waals surface area contributed by atoms with Crippen molar-refractivity contribution in [3.05, 3.63) is 36.2 Å². The molecule has 20 heavy (non-hydrogen) atoms. The number of carbonyl (C=O) groups excluding carboxylic acids is 1. The molecule has 0 radical (unpaired) electrons. The number of aliphatic hydroxyl groups excluding tert-OH is 1. The van der Waals surface area contributed by atoms with Crippen molar-refractivity contribution in [2.75, 3.05) is 29.9 Å². The maximum atomic E-state index is 11.8. The van der Waals surface area contributed by atoms with E-state index in [0.717, 1.165) is 12.2 Å². The summed E-state index contributed by atoms with van der Waals surface area (Å²) in [5, 5.41) is 21.4. The fourth-order valence-corrected chi connectivity index (χ4v) is 1.85. The van der Waals surface area contributed by atoms with Gasteiger partial charge in [0, 0.05) is 24.5 Å². The number of aromatic amines is 1. The summed E-state index contributed by atoms with van der Waals surface area (Å²) >= 11 is 0. The molecule has 0 aliphatic carbocycles. The van der Waals surface area contributed by atoms with Crippen molar-refractivity contribution in [1.82, 2.24) is 15.4 Å². The van der Waals surface area contributed by atoms with Crippen LogP contribution in [0.2, 0.25) is 0 Å². The first-order valence-corrected chi connectivity index (χ1v) is 6.37. The lowest BCUT2D eigenvalue weighted by molar-refractivity contribution is 0.102. The third-order valence-corrected chi connectivity index (χ3v) is 2.89. The maximum Gasteiger partial charge on any atom is 0.277 e. The topological polar surface area (TPSA) is 94.1 Å². The van der Waals surface area contributed by atoms with E-state index >= 15 is 0 Å². The Kier molecular flexibility index (Phi) is 4.67. The van der Waals surface area contributed by atoms with Crippen LogP contribution < -0.4 is 10.2 Å². The number of carbonyl (C=O) groups is 1. The number of amides is 1. The maximum absolute atomic E-state index is 11.8. The highest BCUT2D eigenvalue weighted by Gasteiger charge is 2.09. The summed E-state index contributed by atoms with van der Waals surface area (Å²) in [6, 6.07) is 7.43. The van der Waals surface area contributed by atoms with E-state index in [1.165, 1.54) is 6.20 Å². The zero-order valence-electron chi connectivity index (χ0n) is 11.2. The quantitative estimate of drug-likeness (QED) is 0.727. The van der Waals surface area contributed by atoms with Crippen LogP contribution >= 0.6 is 0 Å². The first kappa shape index (κ1) is 14.0. The van der Waals surface area contributed by atoms with E-state index in [1.54, 1.807) is 0 Å². The van der Waals surface area contributed by atoms with Crippen molar-refractivity contribution >= 4 is 17.3 Å². The van der Waals surface area contributed by atoms with E-state index in [9.17, 15) is 4.79 Å². The molecule has 0 saturated heterocycles. The van der Waals surface area contributed by atoms with Gasteiger partial charge in [-0.2, -0.15) is 15.4 Å². The zero-order valence-corrected chi connectivity index (χ0v) is 11.2. The van der Waals surface area contributed by atoms with Crippen LogP contribution in [0.4, 0.5) is 11.4 Å². The predicted molar refractivity (Wildman–Crippen MR) is 75.8 cm³/mol. The third-order valence-electron chi connectivity index (χ3n) is 2.89. The van der Waals surface area contributed by atoms with E-state index in [4.69, 9.17) is 5.11 Å². The molecule has 0 atom stereocenters. The summed E-state index contributed by atoms with van der Waals surface area (Å²) in [6.45, 7) is 3.53. The number of hydrogen-bond acceptors (Lipinski definition) is 5. The predicted octanol–water partition coefficient (Wildman–Crippen LogP) is 0.876. The molecule has 0 fully saturated rings. The lowest BCUT2D eigenvalue weighted by Gasteiger charge is -2.22. The zero-order chi connectivity index (χ0) is 14.4. The Bertz CT molecular complexity index is 538. The van der Waals surface area contributed by atoms with Gasteiger partial charge in [0.1, 0.15) is 0 Å². The van der Waals surface area contributed by atoms with Crippen molar-refractivity contribution in [2.24, 2.45) is 0 Å². The van der Waals surface area contributed by atoms with Crippen LogP contribution in [0.15, 0.2) is 30.5 Å². The monoisotopic (exact) mass is 275 g/mol. The molecule has 0 aliphatic rings. The Hall–Kier alpha value is -2.41. The van der Waals surface area contributed by atoms with Gasteiger partial charge in [0.15, 0.2) is 5.69 Å². The highest BCUT2D eigenvalue weighted by Crippen LogP contribution is 2.18. The van der Waals surface area contributed by atoms with Gasteiger partial charge < -0.3 is 15.3 Å². The van der Waals surface area contributed by atoms with Crippen molar-refractivity contribution in [3.8, 4) is 0 Å². The van der Waals surface area contributed by atoms with Gasteiger partial charge in [0.2, 0.25) is 0 Å². The van der Waals surface area contributed by atoms with E-state index in [2.05, 4.69) is 20.7 Å². The van der Waals surface area contributed by atoms with Gasteiger partial charge in [0.25, 0.3) is 5.91 Å². The van der Waals surface area contributed by atoms with Gasteiger partial charge in [-0.05, 0) is 31.2 Å². The number of nitrogens with one attached hydrogen (secondary N) is 2. The van der Waals surface area contributed by atoms with E-state index < -0.39 is 0 Å². The molecule has 106 valence electrons. The molecule has 0 bridgehead atoms. The first-order valence-electron chi connectivity index (χ1n) is 6.37. The number of hydrogen-bond donors (Lipinski definition) is 3. The Morgan fingerprint density at radius 3 is 2.70 bits per heavy atom. The van der Waals surface area contributed by atoms with Gasteiger partial charge >= 0.3 is 0 Å². The van der Waals surface area contributed by atoms with Crippen LogP contribution in [0, 0.1) is 0 Å². The van der Waals surface area contributed by atoms with Crippen LogP contribution in [-0.4, -0.2) is 46.1 Å². The molecule has 7 heteroatoms. The second-order valence-electron chi connectivity index (χ2n) is 4.16. The molecular weight excluding hydrogens is 258 g/mol. The van der Waals surface area contributed by atoms with Crippen LogP contribution in [0.1, 0.15) is 17.4 Å². The van der Waals surface area contributed by atoms with Crippen LogP contribution in [-0.2, 0) is 0 Å². The number of rotatable bonds is 6. The molecule has 1 amide bonds. The fraction of sp³-hybridized carbons (Fsp3) is 0.308. The molecule has 0 aliphatic heterocycles. The number of aromatic nitrogens is 3. The summed E-state index contributed by atoms with van der Waals surface area (Å²) in [5.41, 5.74) is 1.92. The molecule has 1 aromatic carbocycles. The average Bonchev–Trinajstić information content (AvgIpc) is 3.00. The lowest BCUT2D eigenvalue weighted by atomic mass is 10.2. The second kappa shape index (κ2) is 6.67. The summed E-state index contributed by atoms with van der Waals surface area (Å²) in [4.78, 5) is 13.8. The van der Waals surface area contributed by atoms with Gasteiger partial charge in [-0.15, -0.1) is 0 Å². The molecule has 1 aromatic heterocycles. The smallest absolute Gasteiger partial charge is 0.277 e. The van der Waals surface area contributed by atoms with Gasteiger partial charge in [-0.1, -0.05) is 0 Å². The van der Waals surface area contributed by atoms with Gasteiger partial charge in [-0.3, -0.25) is 4.79 Å². The highest BCUT2D eigenvalue weighted by atomic mass is 16.3.